The van der Waals surface area contributed by atoms with Gasteiger partial charge in [0, 0.05) is 45.0 Å². The summed E-state index contributed by atoms with van der Waals surface area (Å²) >= 11 is 0. The highest BCUT2D eigenvalue weighted by Crippen LogP contribution is 2.24. The van der Waals surface area contributed by atoms with Gasteiger partial charge in [0.15, 0.2) is 0 Å². The first-order chi connectivity index (χ1) is 13.3. The molecule has 2 aliphatic heterocycles. The normalized spacial score (nSPS) is 20.9. The molecule has 0 aromatic carbocycles. The number of likely N-dealkylation sites (tertiary alicyclic amines) is 1. The van der Waals surface area contributed by atoms with Crippen LogP contribution >= 0.6 is 0 Å². The molecule has 7 nitrogen and oxygen atoms in total. The standard InChI is InChI=1S/C21H32N4O3/c1-16-15-24(13-14-25(16)20(27)28-21(2,3)4)18-17(9-8-10-22-18)19(26)23-11-6-5-7-12-23/h8-10,16H,5-7,11-15H2,1-4H3/t16-/m1/s1. The minimum atomic E-state index is -0.511. The predicted octanol–water partition coefficient (Wildman–Crippen LogP) is 3.15. The zero-order valence-corrected chi connectivity index (χ0v) is 17.5. The Balaban J connectivity index is 1.72. The molecular weight excluding hydrogens is 356 g/mol. The zero-order chi connectivity index (χ0) is 20.3. The number of pyridine rings is 1. The molecule has 0 radical (unpaired) electrons. The van der Waals surface area contributed by atoms with Gasteiger partial charge in [0.05, 0.1) is 5.56 Å². The summed E-state index contributed by atoms with van der Waals surface area (Å²) in [6.45, 7) is 11.0. The lowest BCUT2D eigenvalue weighted by atomic mass is 10.1. The molecule has 2 fully saturated rings. The van der Waals surface area contributed by atoms with Gasteiger partial charge in [-0.15, -0.1) is 0 Å². The molecule has 1 aromatic heterocycles. The average Bonchev–Trinajstić information content (AvgIpc) is 2.66. The maximum atomic E-state index is 13.0. The second-order valence-electron chi connectivity index (χ2n) is 8.70. The fraction of sp³-hybridized carbons (Fsp3) is 0.667. The maximum Gasteiger partial charge on any atom is 0.410 e. The molecule has 7 heteroatoms. The molecule has 0 saturated carbocycles. The number of piperidine rings is 1. The Bertz CT molecular complexity index is 710. The fourth-order valence-corrected chi connectivity index (χ4v) is 3.83. The summed E-state index contributed by atoms with van der Waals surface area (Å²) in [4.78, 5) is 35.8. The number of aromatic nitrogens is 1. The van der Waals surface area contributed by atoms with Gasteiger partial charge in [0.1, 0.15) is 11.4 Å². The Morgan fingerprint density at radius 3 is 2.46 bits per heavy atom. The molecule has 0 N–H and O–H groups in total. The van der Waals surface area contributed by atoms with Crippen LogP contribution in [0, 0.1) is 0 Å². The van der Waals surface area contributed by atoms with Crippen molar-refractivity contribution in [1.82, 2.24) is 14.8 Å². The third kappa shape index (κ3) is 4.75. The highest BCUT2D eigenvalue weighted by atomic mass is 16.6. The molecule has 2 aliphatic rings. The molecule has 2 amide bonds. The molecule has 3 heterocycles. The van der Waals surface area contributed by atoms with Crippen LogP contribution in [0.25, 0.3) is 0 Å². The number of rotatable bonds is 2. The van der Waals surface area contributed by atoms with E-state index in [4.69, 9.17) is 4.74 Å². The number of ether oxygens (including phenoxy) is 1. The van der Waals surface area contributed by atoms with Gasteiger partial charge in [-0.1, -0.05) is 0 Å². The minimum absolute atomic E-state index is 0.0245. The Morgan fingerprint density at radius 2 is 1.82 bits per heavy atom. The first kappa shape index (κ1) is 20.4. The molecule has 1 aromatic rings. The highest BCUT2D eigenvalue weighted by molar-refractivity contribution is 5.99. The highest BCUT2D eigenvalue weighted by Gasteiger charge is 2.33. The van der Waals surface area contributed by atoms with Gasteiger partial charge in [-0.2, -0.15) is 0 Å². The lowest BCUT2D eigenvalue weighted by Crippen LogP contribution is -2.55. The number of carbonyl (C=O) groups is 2. The lowest BCUT2D eigenvalue weighted by Gasteiger charge is -2.41. The summed E-state index contributed by atoms with van der Waals surface area (Å²) < 4.78 is 5.52. The Hall–Kier alpha value is -2.31. The van der Waals surface area contributed by atoms with Gasteiger partial charge < -0.3 is 19.4 Å². The Kier molecular flexibility index (Phi) is 6.10. The largest absolute Gasteiger partial charge is 0.444 e. The number of hydrogen-bond acceptors (Lipinski definition) is 5. The molecule has 0 bridgehead atoms. The monoisotopic (exact) mass is 388 g/mol. The van der Waals surface area contributed by atoms with Crippen LogP contribution in [0.3, 0.4) is 0 Å². The average molecular weight is 389 g/mol. The minimum Gasteiger partial charge on any atom is -0.444 e. The van der Waals surface area contributed by atoms with Crippen molar-refractivity contribution in [3.05, 3.63) is 23.9 Å². The molecule has 28 heavy (non-hydrogen) atoms. The van der Waals surface area contributed by atoms with Crippen LogP contribution in [0.5, 0.6) is 0 Å². The molecular formula is C21H32N4O3. The quantitative estimate of drug-likeness (QED) is 0.779. The van der Waals surface area contributed by atoms with Crippen LogP contribution in [0.1, 0.15) is 57.3 Å². The van der Waals surface area contributed by atoms with Crippen molar-refractivity contribution in [1.29, 1.82) is 0 Å². The van der Waals surface area contributed by atoms with E-state index in [1.165, 1.54) is 6.42 Å². The summed E-state index contributed by atoms with van der Waals surface area (Å²) in [7, 11) is 0. The third-order valence-electron chi connectivity index (χ3n) is 5.22. The Labute approximate surface area is 167 Å². The molecule has 3 rings (SSSR count). The molecule has 154 valence electrons. The van der Waals surface area contributed by atoms with E-state index in [9.17, 15) is 9.59 Å². The van der Waals surface area contributed by atoms with Gasteiger partial charge in [-0.05, 0) is 59.1 Å². The topological polar surface area (TPSA) is 66.0 Å². The van der Waals surface area contributed by atoms with Gasteiger partial charge >= 0.3 is 6.09 Å². The van der Waals surface area contributed by atoms with Crippen molar-refractivity contribution in [3.63, 3.8) is 0 Å². The van der Waals surface area contributed by atoms with Crippen molar-refractivity contribution in [2.75, 3.05) is 37.6 Å². The van der Waals surface area contributed by atoms with E-state index >= 15 is 0 Å². The summed E-state index contributed by atoms with van der Waals surface area (Å²) in [5.74, 6) is 0.777. The van der Waals surface area contributed by atoms with Crippen molar-refractivity contribution in [2.24, 2.45) is 0 Å². The molecule has 2 saturated heterocycles. The van der Waals surface area contributed by atoms with Crippen molar-refractivity contribution >= 4 is 17.8 Å². The van der Waals surface area contributed by atoms with E-state index in [-0.39, 0.29) is 18.0 Å². The van der Waals surface area contributed by atoms with Crippen LogP contribution in [0.2, 0.25) is 0 Å². The van der Waals surface area contributed by atoms with Gasteiger partial charge in [-0.25, -0.2) is 9.78 Å². The summed E-state index contributed by atoms with van der Waals surface area (Å²) in [5, 5.41) is 0. The maximum absolute atomic E-state index is 13.0. The third-order valence-corrected chi connectivity index (χ3v) is 5.22. The summed E-state index contributed by atoms with van der Waals surface area (Å²) in [6, 6.07) is 3.66. The van der Waals surface area contributed by atoms with Crippen LogP contribution in [0.15, 0.2) is 18.3 Å². The number of anilines is 1. The smallest absolute Gasteiger partial charge is 0.410 e. The Morgan fingerprint density at radius 1 is 1.11 bits per heavy atom. The van der Waals surface area contributed by atoms with Gasteiger partial charge in [0.2, 0.25) is 0 Å². The molecule has 0 unspecified atom stereocenters. The van der Waals surface area contributed by atoms with Crippen LogP contribution in [0.4, 0.5) is 10.6 Å². The van der Waals surface area contributed by atoms with Crippen molar-refractivity contribution in [2.45, 2.75) is 58.6 Å². The number of piperazine rings is 1. The van der Waals surface area contributed by atoms with E-state index in [0.717, 1.165) is 25.9 Å². The van der Waals surface area contributed by atoms with E-state index in [2.05, 4.69) is 9.88 Å². The van der Waals surface area contributed by atoms with Crippen molar-refractivity contribution in [3.8, 4) is 0 Å². The van der Waals surface area contributed by atoms with E-state index in [0.29, 0.717) is 31.0 Å². The lowest BCUT2D eigenvalue weighted by molar-refractivity contribution is 0.0158. The molecule has 1 atom stereocenters. The van der Waals surface area contributed by atoms with E-state index in [1.807, 2.05) is 44.7 Å². The first-order valence-electron chi connectivity index (χ1n) is 10.2. The predicted molar refractivity (Wildman–Crippen MR) is 109 cm³/mol. The molecule has 0 spiro atoms. The second kappa shape index (κ2) is 8.37. The first-order valence-corrected chi connectivity index (χ1v) is 10.2. The van der Waals surface area contributed by atoms with Gasteiger partial charge in [0.25, 0.3) is 5.91 Å². The summed E-state index contributed by atoms with van der Waals surface area (Å²) in [5.41, 5.74) is 0.144. The fourth-order valence-electron chi connectivity index (χ4n) is 3.83. The number of hydrogen-bond donors (Lipinski definition) is 0. The van der Waals surface area contributed by atoms with Crippen LogP contribution in [-0.2, 0) is 4.74 Å². The number of nitrogens with zero attached hydrogens (tertiary/aromatic N) is 4. The van der Waals surface area contributed by atoms with E-state index in [1.54, 1.807) is 11.1 Å². The van der Waals surface area contributed by atoms with Crippen molar-refractivity contribution < 1.29 is 14.3 Å². The number of amides is 2. The van der Waals surface area contributed by atoms with Crippen LogP contribution in [-0.4, -0.2) is 71.2 Å². The second-order valence-corrected chi connectivity index (χ2v) is 8.70. The van der Waals surface area contributed by atoms with Crippen LogP contribution < -0.4 is 4.90 Å². The van der Waals surface area contributed by atoms with E-state index < -0.39 is 5.60 Å². The van der Waals surface area contributed by atoms with Gasteiger partial charge in [-0.3, -0.25) is 4.79 Å². The number of carbonyl (C=O) groups excluding carboxylic acids is 2. The zero-order valence-electron chi connectivity index (χ0n) is 17.5. The summed E-state index contributed by atoms with van der Waals surface area (Å²) in [6.07, 6.45) is 4.76. The SMILES string of the molecule is C[C@@H]1CN(c2ncccc2C(=O)N2CCCCC2)CCN1C(=O)OC(C)(C)C. The molecule has 0 aliphatic carbocycles.